The van der Waals surface area contributed by atoms with Crippen LogP contribution in [0.15, 0.2) is 30.0 Å². The lowest BCUT2D eigenvalue weighted by Crippen LogP contribution is -2.24. The zero-order valence-electron chi connectivity index (χ0n) is 14.4. The summed E-state index contributed by atoms with van der Waals surface area (Å²) in [5.74, 6) is -0.382. The van der Waals surface area contributed by atoms with Crippen molar-refractivity contribution in [2.45, 2.75) is 45.6 Å². The van der Waals surface area contributed by atoms with Crippen molar-refractivity contribution in [3.05, 3.63) is 41.1 Å². The van der Waals surface area contributed by atoms with Crippen molar-refractivity contribution in [2.75, 3.05) is 18.5 Å². The van der Waals surface area contributed by atoms with E-state index in [1.165, 1.54) is 6.20 Å². The van der Waals surface area contributed by atoms with Crippen molar-refractivity contribution in [3.8, 4) is 6.07 Å². The van der Waals surface area contributed by atoms with Crippen LogP contribution in [0.4, 0.5) is 5.69 Å². The van der Waals surface area contributed by atoms with E-state index in [2.05, 4.69) is 24.5 Å². The van der Waals surface area contributed by atoms with Gasteiger partial charge < -0.3 is 15.4 Å². The van der Waals surface area contributed by atoms with E-state index in [1.807, 2.05) is 24.3 Å². The number of nitrogens with one attached hydrogen (secondary N) is 2. The van der Waals surface area contributed by atoms with E-state index in [1.54, 1.807) is 0 Å². The minimum Gasteiger partial charge on any atom is -0.387 e. The minimum absolute atomic E-state index is 0.0703. The maximum Gasteiger partial charge on any atom is 0.267 e. The third-order valence-electron chi connectivity index (χ3n) is 4.22. The third-order valence-corrected chi connectivity index (χ3v) is 4.22. The second-order valence-corrected chi connectivity index (χ2v) is 5.83. The number of nitrogens with zero attached hydrogens (tertiary/aromatic N) is 1. The summed E-state index contributed by atoms with van der Waals surface area (Å²) in [6, 6.07) is 7.97. The fourth-order valence-corrected chi connectivity index (χ4v) is 2.83. The van der Waals surface area contributed by atoms with E-state index < -0.39 is 0 Å². The number of ether oxygens (including phenoxy) is 1. The second kappa shape index (κ2) is 9.09. The van der Waals surface area contributed by atoms with Gasteiger partial charge in [-0.15, -0.1) is 0 Å². The van der Waals surface area contributed by atoms with Gasteiger partial charge >= 0.3 is 0 Å². The van der Waals surface area contributed by atoms with Gasteiger partial charge in [0.15, 0.2) is 0 Å². The molecule has 1 aromatic carbocycles. The van der Waals surface area contributed by atoms with Crippen LogP contribution in [-0.2, 0) is 22.4 Å². The number of para-hydroxylation sites is 1. The van der Waals surface area contributed by atoms with Crippen LogP contribution in [0.2, 0.25) is 0 Å². The zero-order chi connectivity index (χ0) is 17.4. The first-order valence-corrected chi connectivity index (χ1v) is 8.56. The summed E-state index contributed by atoms with van der Waals surface area (Å²) in [5.41, 5.74) is 3.05. The Morgan fingerprint density at radius 3 is 2.62 bits per heavy atom. The Balaban J connectivity index is 2.05. The summed E-state index contributed by atoms with van der Waals surface area (Å²) >= 11 is 0. The highest BCUT2D eigenvalue weighted by atomic mass is 16.5. The van der Waals surface area contributed by atoms with E-state index >= 15 is 0 Å². The lowest BCUT2D eigenvalue weighted by atomic mass is 10.0. The molecule has 1 saturated heterocycles. The van der Waals surface area contributed by atoms with Gasteiger partial charge in [-0.2, -0.15) is 5.26 Å². The molecule has 1 atom stereocenters. The second-order valence-electron chi connectivity index (χ2n) is 5.83. The van der Waals surface area contributed by atoms with Gasteiger partial charge in [0, 0.05) is 25.0 Å². The highest BCUT2D eigenvalue weighted by Crippen LogP contribution is 2.23. The highest BCUT2D eigenvalue weighted by Gasteiger charge is 2.16. The lowest BCUT2D eigenvalue weighted by molar-refractivity contribution is -0.112. The van der Waals surface area contributed by atoms with Crippen LogP contribution in [0.5, 0.6) is 0 Å². The number of amides is 1. The molecule has 1 unspecified atom stereocenters. The average Bonchev–Trinajstić information content (AvgIpc) is 3.12. The van der Waals surface area contributed by atoms with Crippen LogP contribution in [0, 0.1) is 11.3 Å². The Morgan fingerprint density at radius 1 is 1.38 bits per heavy atom. The van der Waals surface area contributed by atoms with Gasteiger partial charge in [-0.25, -0.2) is 0 Å². The van der Waals surface area contributed by atoms with Crippen LogP contribution in [0.1, 0.15) is 37.8 Å². The molecule has 1 fully saturated rings. The van der Waals surface area contributed by atoms with E-state index in [4.69, 9.17) is 4.74 Å². The van der Waals surface area contributed by atoms with Crippen molar-refractivity contribution >= 4 is 11.6 Å². The van der Waals surface area contributed by atoms with E-state index in [0.29, 0.717) is 6.54 Å². The molecule has 0 bridgehead atoms. The Bertz CT molecular complexity index is 618. The molecule has 0 saturated carbocycles. The van der Waals surface area contributed by atoms with Crippen LogP contribution in [0.25, 0.3) is 0 Å². The number of anilines is 1. The van der Waals surface area contributed by atoms with Gasteiger partial charge in [0.05, 0.1) is 6.10 Å². The molecule has 1 heterocycles. The molecule has 2 rings (SSSR count). The Kier molecular flexibility index (Phi) is 6.83. The predicted octanol–water partition coefficient (Wildman–Crippen LogP) is 2.93. The molecule has 1 amide bonds. The summed E-state index contributed by atoms with van der Waals surface area (Å²) in [5, 5.41) is 15.2. The van der Waals surface area contributed by atoms with Crippen LogP contribution >= 0.6 is 0 Å². The molecule has 0 radical (unpaired) electrons. The maximum absolute atomic E-state index is 12.4. The van der Waals surface area contributed by atoms with E-state index in [-0.39, 0.29) is 17.6 Å². The van der Waals surface area contributed by atoms with Crippen molar-refractivity contribution in [3.63, 3.8) is 0 Å². The molecule has 2 N–H and O–H groups in total. The Labute approximate surface area is 143 Å². The van der Waals surface area contributed by atoms with E-state index in [9.17, 15) is 10.1 Å². The van der Waals surface area contributed by atoms with Crippen LogP contribution in [0.3, 0.4) is 0 Å². The normalized spacial score (nSPS) is 17.4. The van der Waals surface area contributed by atoms with Gasteiger partial charge in [-0.1, -0.05) is 32.0 Å². The molecule has 1 aliphatic rings. The number of benzene rings is 1. The number of hydrogen-bond donors (Lipinski definition) is 2. The number of rotatable bonds is 7. The first-order chi connectivity index (χ1) is 11.7. The third kappa shape index (κ3) is 4.59. The largest absolute Gasteiger partial charge is 0.387 e. The SMILES string of the molecule is CCc1cccc(CC)c1NC(=O)/C(C#N)=C\NCC1CCCO1. The van der Waals surface area contributed by atoms with Crippen molar-refractivity contribution < 1.29 is 9.53 Å². The van der Waals surface area contributed by atoms with Crippen molar-refractivity contribution in [1.29, 1.82) is 5.26 Å². The maximum atomic E-state index is 12.4. The fraction of sp³-hybridized carbons (Fsp3) is 0.474. The number of aryl methyl sites for hydroxylation is 2. The van der Waals surface area contributed by atoms with Crippen molar-refractivity contribution in [1.82, 2.24) is 5.32 Å². The molecule has 24 heavy (non-hydrogen) atoms. The average molecular weight is 327 g/mol. The molecule has 0 aromatic heterocycles. The quantitative estimate of drug-likeness (QED) is 0.596. The first kappa shape index (κ1) is 18.0. The van der Waals surface area contributed by atoms with Gasteiger partial charge in [0.25, 0.3) is 5.91 Å². The Hall–Kier alpha value is -2.32. The summed E-state index contributed by atoms with van der Waals surface area (Å²) in [7, 11) is 0. The molecule has 5 nitrogen and oxygen atoms in total. The zero-order valence-corrected chi connectivity index (χ0v) is 14.4. The topological polar surface area (TPSA) is 74.2 Å². The molecule has 1 aliphatic heterocycles. The molecular formula is C19H25N3O2. The van der Waals surface area contributed by atoms with Crippen molar-refractivity contribution in [2.24, 2.45) is 0 Å². The number of carbonyl (C=O) groups is 1. The van der Waals surface area contributed by atoms with Crippen LogP contribution < -0.4 is 10.6 Å². The number of hydrogen-bond acceptors (Lipinski definition) is 4. The number of carbonyl (C=O) groups excluding carboxylic acids is 1. The highest BCUT2D eigenvalue weighted by molar-refractivity contribution is 6.07. The molecule has 128 valence electrons. The summed E-state index contributed by atoms with van der Waals surface area (Å²) in [6.45, 7) is 5.50. The Morgan fingerprint density at radius 2 is 2.08 bits per heavy atom. The van der Waals surface area contributed by atoms with E-state index in [0.717, 1.165) is 49.1 Å². The smallest absolute Gasteiger partial charge is 0.267 e. The molecule has 0 aliphatic carbocycles. The molecular weight excluding hydrogens is 302 g/mol. The molecule has 1 aromatic rings. The standard InChI is InChI=1S/C19H25N3O2/c1-3-14-7-5-8-15(4-2)18(14)22-19(23)16(11-20)12-21-13-17-9-6-10-24-17/h5,7-8,12,17,21H,3-4,6,9-10,13H2,1-2H3,(H,22,23)/b16-12-. The van der Waals surface area contributed by atoms with Gasteiger partial charge in [0.2, 0.25) is 0 Å². The first-order valence-electron chi connectivity index (χ1n) is 8.56. The van der Waals surface area contributed by atoms with Gasteiger partial charge in [0.1, 0.15) is 11.6 Å². The van der Waals surface area contributed by atoms with Gasteiger partial charge in [-0.05, 0) is 36.8 Å². The molecule has 5 heteroatoms. The fourth-order valence-electron chi connectivity index (χ4n) is 2.83. The predicted molar refractivity (Wildman–Crippen MR) is 94.5 cm³/mol. The number of nitriles is 1. The minimum atomic E-state index is -0.382. The summed E-state index contributed by atoms with van der Waals surface area (Å²) < 4.78 is 5.51. The lowest BCUT2D eigenvalue weighted by Gasteiger charge is -2.14. The molecule has 0 spiro atoms. The summed E-state index contributed by atoms with van der Waals surface area (Å²) in [4.78, 5) is 12.4. The summed E-state index contributed by atoms with van der Waals surface area (Å²) in [6.07, 6.45) is 5.38. The van der Waals surface area contributed by atoms with Gasteiger partial charge in [-0.3, -0.25) is 4.79 Å². The monoisotopic (exact) mass is 327 g/mol. The van der Waals surface area contributed by atoms with Crippen LogP contribution in [-0.4, -0.2) is 25.2 Å².